The molecule has 1 aliphatic heterocycles. The van der Waals surface area contributed by atoms with Crippen molar-refractivity contribution in [2.24, 2.45) is 0 Å². The summed E-state index contributed by atoms with van der Waals surface area (Å²) in [6.45, 7) is 3.45. The quantitative estimate of drug-likeness (QED) is 0.766. The number of nitrogens with zero attached hydrogens (tertiary/aromatic N) is 1. The molecule has 1 atom stereocenters. The fourth-order valence-electron chi connectivity index (χ4n) is 2.66. The number of carboxylic acids is 1. The zero-order chi connectivity index (χ0) is 13.2. The predicted molar refractivity (Wildman–Crippen MR) is 64.4 cm³/mol. The molecule has 1 saturated heterocycles. The smallest absolute Gasteiger partial charge is 0.329 e. The van der Waals surface area contributed by atoms with E-state index < -0.39 is 11.5 Å². The monoisotopic (exact) mass is 256 g/mol. The van der Waals surface area contributed by atoms with Crippen LogP contribution in [-0.4, -0.2) is 53.3 Å². The number of rotatable bonds is 2. The van der Waals surface area contributed by atoms with Gasteiger partial charge in [0, 0.05) is 13.1 Å². The average Bonchev–Trinajstić information content (AvgIpc) is 2.79. The lowest BCUT2D eigenvalue weighted by Gasteiger charge is -2.34. The Morgan fingerprint density at radius 2 is 2.06 bits per heavy atom. The number of ether oxygens (including phenoxy) is 1. The Kier molecular flexibility index (Phi) is 3.75. The van der Waals surface area contributed by atoms with Gasteiger partial charge in [0.2, 0.25) is 0 Å². The van der Waals surface area contributed by atoms with E-state index in [9.17, 15) is 14.7 Å². The molecule has 2 rings (SSSR count). The first-order valence-electron chi connectivity index (χ1n) is 6.46. The molecule has 1 heterocycles. The Hall–Kier alpha value is -1.30. The number of carbonyl (C=O) groups excluding carboxylic acids is 1. The number of carbonyl (C=O) groups is 2. The number of amides is 2. The number of hydrogen-bond donors (Lipinski definition) is 2. The van der Waals surface area contributed by atoms with E-state index >= 15 is 0 Å². The molecule has 6 nitrogen and oxygen atoms in total. The third kappa shape index (κ3) is 2.58. The van der Waals surface area contributed by atoms with Gasteiger partial charge in [-0.2, -0.15) is 0 Å². The first-order chi connectivity index (χ1) is 8.53. The zero-order valence-electron chi connectivity index (χ0n) is 10.6. The van der Waals surface area contributed by atoms with Gasteiger partial charge in [0.1, 0.15) is 5.54 Å². The lowest BCUT2D eigenvalue weighted by atomic mass is 9.98. The maximum atomic E-state index is 12.1. The van der Waals surface area contributed by atoms with E-state index in [2.05, 4.69) is 5.32 Å². The maximum absolute atomic E-state index is 12.1. The molecule has 1 aliphatic carbocycles. The summed E-state index contributed by atoms with van der Waals surface area (Å²) in [4.78, 5) is 25.1. The SMILES string of the molecule is CC1CN(C(=O)NC2(C(=O)O)CCCC2)CCO1. The van der Waals surface area contributed by atoms with E-state index in [1.165, 1.54) is 0 Å². The summed E-state index contributed by atoms with van der Waals surface area (Å²) in [5.74, 6) is -0.922. The summed E-state index contributed by atoms with van der Waals surface area (Å²) in [5, 5.41) is 12.0. The highest BCUT2D eigenvalue weighted by Crippen LogP contribution is 2.30. The summed E-state index contributed by atoms with van der Waals surface area (Å²) in [7, 11) is 0. The summed E-state index contributed by atoms with van der Waals surface area (Å²) in [6, 6.07) is -0.283. The van der Waals surface area contributed by atoms with Crippen molar-refractivity contribution in [3.63, 3.8) is 0 Å². The van der Waals surface area contributed by atoms with E-state index in [0.717, 1.165) is 12.8 Å². The largest absolute Gasteiger partial charge is 0.480 e. The lowest BCUT2D eigenvalue weighted by molar-refractivity contribution is -0.144. The Labute approximate surface area is 106 Å². The average molecular weight is 256 g/mol. The Morgan fingerprint density at radius 1 is 1.39 bits per heavy atom. The van der Waals surface area contributed by atoms with Gasteiger partial charge in [-0.15, -0.1) is 0 Å². The van der Waals surface area contributed by atoms with Crippen LogP contribution in [0, 0.1) is 0 Å². The molecule has 0 radical (unpaired) electrons. The Balaban J connectivity index is 1.99. The summed E-state index contributed by atoms with van der Waals surface area (Å²) in [6.07, 6.45) is 2.76. The zero-order valence-corrected chi connectivity index (χ0v) is 10.6. The van der Waals surface area contributed by atoms with Gasteiger partial charge in [-0.3, -0.25) is 0 Å². The van der Waals surface area contributed by atoms with Crippen molar-refractivity contribution in [1.82, 2.24) is 10.2 Å². The first kappa shape index (κ1) is 13.1. The van der Waals surface area contributed by atoms with E-state index in [4.69, 9.17) is 4.74 Å². The van der Waals surface area contributed by atoms with E-state index in [1.54, 1.807) is 4.90 Å². The molecular weight excluding hydrogens is 236 g/mol. The second-order valence-electron chi connectivity index (χ2n) is 5.15. The highest BCUT2D eigenvalue weighted by atomic mass is 16.5. The van der Waals surface area contributed by atoms with Crippen LogP contribution < -0.4 is 5.32 Å². The molecule has 0 aromatic carbocycles. The van der Waals surface area contributed by atoms with Gasteiger partial charge in [0.05, 0.1) is 12.7 Å². The maximum Gasteiger partial charge on any atom is 0.329 e. The molecule has 0 bridgehead atoms. The van der Waals surface area contributed by atoms with Crippen LogP contribution >= 0.6 is 0 Å². The van der Waals surface area contributed by atoms with E-state index in [-0.39, 0.29) is 12.1 Å². The van der Waals surface area contributed by atoms with Crippen LogP contribution in [-0.2, 0) is 9.53 Å². The minimum Gasteiger partial charge on any atom is -0.480 e. The fraction of sp³-hybridized carbons (Fsp3) is 0.833. The Bertz CT molecular complexity index is 339. The second kappa shape index (κ2) is 5.14. The molecule has 0 aromatic heterocycles. The van der Waals surface area contributed by atoms with Gasteiger partial charge < -0.3 is 20.1 Å². The van der Waals surface area contributed by atoms with Crippen LogP contribution in [0.15, 0.2) is 0 Å². The molecule has 0 spiro atoms. The molecule has 1 saturated carbocycles. The van der Waals surface area contributed by atoms with Crippen molar-refractivity contribution in [3.05, 3.63) is 0 Å². The van der Waals surface area contributed by atoms with E-state index in [1.807, 2.05) is 6.92 Å². The van der Waals surface area contributed by atoms with Gasteiger partial charge in [-0.1, -0.05) is 12.8 Å². The van der Waals surface area contributed by atoms with Gasteiger partial charge in [-0.05, 0) is 19.8 Å². The molecule has 2 N–H and O–H groups in total. The van der Waals surface area contributed by atoms with Crippen LogP contribution in [0.2, 0.25) is 0 Å². The van der Waals surface area contributed by atoms with Crippen molar-refractivity contribution in [2.75, 3.05) is 19.7 Å². The van der Waals surface area contributed by atoms with Gasteiger partial charge in [0.25, 0.3) is 0 Å². The minimum absolute atomic E-state index is 0.00820. The van der Waals surface area contributed by atoms with Crippen LogP contribution in [0.4, 0.5) is 4.79 Å². The van der Waals surface area contributed by atoms with Gasteiger partial charge in [-0.25, -0.2) is 9.59 Å². The van der Waals surface area contributed by atoms with Gasteiger partial charge >= 0.3 is 12.0 Å². The topological polar surface area (TPSA) is 78.9 Å². The predicted octanol–water partition coefficient (Wildman–Crippen LogP) is 0.814. The normalized spacial score (nSPS) is 26.9. The molecule has 6 heteroatoms. The summed E-state index contributed by atoms with van der Waals surface area (Å²) < 4.78 is 5.36. The number of aliphatic carboxylic acids is 1. The van der Waals surface area contributed by atoms with Gasteiger partial charge in [0.15, 0.2) is 0 Å². The van der Waals surface area contributed by atoms with Crippen molar-refractivity contribution in [1.29, 1.82) is 0 Å². The third-order valence-electron chi connectivity index (χ3n) is 3.74. The molecule has 2 aliphatic rings. The fourth-order valence-corrected chi connectivity index (χ4v) is 2.66. The van der Waals surface area contributed by atoms with Crippen molar-refractivity contribution >= 4 is 12.0 Å². The number of morpholine rings is 1. The van der Waals surface area contributed by atoms with Crippen LogP contribution in [0.1, 0.15) is 32.6 Å². The molecule has 18 heavy (non-hydrogen) atoms. The van der Waals surface area contributed by atoms with Crippen LogP contribution in [0.25, 0.3) is 0 Å². The number of hydrogen-bond acceptors (Lipinski definition) is 3. The van der Waals surface area contributed by atoms with Crippen LogP contribution in [0.3, 0.4) is 0 Å². The molecule has 2 fully saturated rings. The van der Waals surface area contributed by atoms with Crippen molar-refractivity contribution in [2.45, 2.75) is 44.2 Å². The summed E-state index contributed by atoms with van der Waals surface area (Å²) >= 11 is 0. The highest BCUT2D eigenvalue weighted by Gasteiger charge is 2.43. The first-order valence-corrected chi connectivity index (χ1v) is 6.46. The third-order valence-corrected chi connectivity index (χ3v) is 3.74. The molecule has 2 amide bonds. The molecule has 102 valence electrons. The van der Waals surface area contributed by atoms with Crippen LogP contribution in [0.5, 0.6) is 0 Å². The highest BCUT2D eigenvalue weighted by molar-refractivity contribution is 5.86. The number of nitrogens with one attached hydrogen (secondary N) is 1. The molecule has 1 unspecified atom stereocenters. The lowest BCUT2D eigenvalue weighted by Crippen LogP contribution is -2.58. The summed E-state index contributed by atoms with van der Waals surface area (Å²) in [5.41, 5.74) is -1.06. The van der Waals surface area contributed by atoms with Crippen molar-refractivity contribution < 1.29 is 19.4 Å². The van der Waals surface area contributed by atoms with E-state index in [0.29, 0.717) is 32.5 Å². The number of urea groups is 1. The minimum atomic E-state index is -1.06. The standard InChI is InChI=1S/C12H20N2O4/c1-9-8-14(6-7-18-9)11(17)13-12(10(15)16)4-2-3-5-12/h9H,2-8H2,1H3,(H,13,17)(H,15,16). The van der Waals surface area contributed by atoms with Crippen molar-refractivity contribution in [3.8, 4) is 0 Å². The number of carboxylic acid groups (broad SMARTS) is 1. The second-order valence-corrected chi connectivity index (χ2v) is 5.15. The molecular formula is C12H20N2O4. The Morgan fingerprint density at radius 3 is 2.61 bits per heavy atom. The molecule has 0 aromatic rings.